The molecule has 14 aromatic carbocycles. The van der Waals surface area contributed by atoms with Gasteiger partial charge in [0.2, 0.25) is 0 Å². The van der Waals surface area contributed by atoms with Gasteiger partial charge in [0.1, 0.15) is 0 Å². The van der Waals surface area contributed by atoms with Crippen LogP contribution in [0.2, 0.25) is 0 Å². The molecule has 0 saturated heterocycles. The van der Waals surface area contributed by atoms with Crippen molar-refractivity contribution in [2.75, 3.05) is 0 Å². The van der Waals surface area contributed by atoms with E-state index in [2.05, 4.69) is 443 Å². The molecule has 0 saturated carbocycles. The second kappa shape index (κ2) is 29.1. The van der Waals surface area contributed by atoms with Crippen molar-refractivity contribution in [1.29, 1.82) is 0 Å². The number of aromatic nitrogens is 8. The number of hydrogen-bond acceptors (Lipinski definition) is 2. The van der Waals surface area contributed by atoms with E-state index in [9.17, 15) is 0 Å². The molecule has 8 nitrogen and oxygen atoms in total. The molecule has 0 amide bonds. The number of benzene rings is 14. The van der Waals surface area contributed by atoms with Gasteiger partial charge in [-0.05, 0) is 229 Å². The third-order valence-corrected chi connectivity index (χ3v) is 24.8. The van der Waals surface area contributed by atoms with Crippen LogP contribution in [0.15, 0.2) is 291 Å². The number of para-hydroxylation sites is 6. The van der Waals surface area contributed by atoms with Crippen LogP contribution in [-0.2, 0) is 53.6 Å². The van der Waals surface area contributed by atoms with E-state index < -0.39 is 0 Å². The number of rotatable bonds is 8. The van der Waals surface area contributed by atoms with Crippen molar-refractivity contribution in [3.63, 3.8) is 0 Å². The molecule has 0 fully saturated rings. The normalized spacial score (nSPS) is 12.6. The molecule has 9 heteroatoms. The Morgan fingerprint density at radius 1 is 0.231 bits per heavy atom. The standard InChI is InChI=1S/C60H58N3.C52H44N5.Pt/c1-14-37-15-21-42(22-16-37)61-55-29-23-43(62-51-25-17-38(57(2,3)4)31-45(51)46-32-39(58(5,6)7)18-26-52(46)62)35-49(55)50-36-44(24-30-56(50)61)63-53-27-19-40(59(8,9)10)33-47(53)48-34-41(60(11,12)13)20-28-54(48)63;1-51(2,3)36-25-27-45-41(32-36)42-33-37(52(4,5)6)26-28-46(42)55(45)40-30-34(49-53-43-21-13-15-23-47(43)56(49)38-17-9-7-10-18-38)29-35(31-40)50-54-44-22-14-16-24-48(44)57(50)39-19-11-8-12-20-39;/h15-36H,2-13H3;7-28,30-33H,1-6H3;/q2*-1;+2. The zero-order valence-electron chi connectivity index (χ0n) is 72.6. The van der Waals surface area contributed by atoms with Crippen LogP contribution >= 0.6 is 0 Å². The minimum Gasteiger partial charge on any atom is -0.366 e. The van der Waals surface area contributed by atoms with Crippen LogP contribution in [0.25, 0.3) is 166 Å². The van der Waals surface area contributed by atoms with Crippen molar-refractivity contribution in [1.82, 2.24) is 37.4 Å². The number of hydrogen-bond donors (Lipinski definition) is 0. The van der Waals surface area contributed by atoms with Gasteiger partial charge in [-0.15, -0.1) is 23.8 Å². The maximum absolute atomic E-state index is 7.77. The minimum absolute atomic E-state index is 0. The van der Waals surface area contributed by atoms with Gasteiger partial charge in [-0.2, -0.15) is 0 Å². The summed E-state index contributed by atoms with van der Waals surface area (Å²) in [5, 5.41) is 9.99. The summed E-state index contributed by atoms with van der Waals surface area (Å²) in [7, 11) is 0. The van der Waals surface area contributed by atoms with Crippen molar-refractivity contribution in [3.05, 3.63) is 343 Å². The predicted octanol–water partition coefficient (Wildman–Crippen LogP) is 29.3. The molecule has 0 bridgehead atoms. The van der Waals surface area contributed by atoms with Gasteiger partial charge >= 0.3 is 21.1 Å². The summed E-state index contributed by atoms with van der Waals surface area (Å²) in [6.07, 6.45) is 7.77. The number of fused-ring (bicyclic) bond motifs is 14. The first-order valence-corrected chi connectivity index (χ1v) is 42.3. The monoisotopic (exact) mass is 1750 g/mol. The van der Waals surface area contributed by atoms with Crippen molar-refractivity contribution in [3.8, 4) is 62.8 Å². The molecule has 20 rings (SSSR count). The van der Waals surface area contributed by atoms with E-state index in [4.69, 9.17) is 16.4 Å². The molecule has 0 radical (unpaired) electrons. The average molecular weight is 1760 g/mol. The third kappa shape index (κ3) is 13.9. The van der Waals surface area contributed by atoms with Gasteiger partial charge in [-0.3, -0.25) is 15.9 Å². The van der Waals surface area contributed by atoms with Crippen LogP contribution in [0.3, 0.4) is 0 Å². The van der Waals surface area contributed by atoms with Crippen molar-refractivity contribution >= 4 is 109 Å². The maximum Gasteiger partial charge on any atom is 2.00 e. The fourth-order valence-corrected chi connectivity index (χ4v) is 18.0. The molecule has 0 atom stereocenters. The Morgan fingerprint density at radius 3 is 0.760 bits per heavy atom. The molecular weight excluding hydrogens is 1650 g/mol. The summed E-state index contributed by atoms with van der Waals surface area (Å²) >= 11 is 0. The summed E-state index contributed by atoms with van der Waals surface area (Å²) in [4.78, 5) is 10.7. The number of imidazole rings is 2. The topological polar surface area (TPSA) is 55.4 Å². The molecule has 0 aliphatic heterocycles. The van der Waals surface area contributed by atoms with Gasteiger partial charge in [-0.25, -0.2) is 0 Å². The van der Waals surface area contributed by atoms with E-state index in [-0.39, 0.29) is 53.6 Å². The summed E-state index contributed by atoms with van der Waals surface area (Å²) in [5.41, 5.74) is 30.3. The molecule has 0 spiro atoms. The largest absolute Gasteiger partial charge is 2.00 e. The van der Waals surface area contributed by atoms with Crippen LogP contribution in [0, 0.1) is 18.4 Å². The molecule has 0 N–H and O–H groups in total. The van der Waals surface area contributed by atoms with Crippen LogP contribution in [-0.4, -0.2) is 37.4 Å². The van der Waals surface area contributed by atoms with Gasteiger partial charge in [0, 0.05) is 71.5 Å². The third-order valence-electron chi connectivity index (χ3n) is 24.8. The van der Waals surface area contributed by atoms with Gasteiger partial charge in [0.15, 0.2) is 0 Å². The van der Waals surface area contributed by atoms with Crippen molar-refractivity contribution in [2.45, 2.75) is 157 Å². The fraction of sp³-hybridized carbons (Fsp3) is 0.214. The second-order valence-electron chi connectivity index (χ2n) is 39.2. The van der Waals surface area contributed by atoms with Crippen LogP contribution < -0.4 is 0 Å². The Bertz CT molecular complexity index is 7010. The second-order valence-corrected chi connectivity index (χ2v) is 39.2. The van der Waals surface area contributed by atoms with E-state index in [1.54, 1.807) is 0 Å². The van der Waals surface area contributed by atoms with Crippen LogP contribution in [0.4, 0.5) is 0 Å². The Morgan fingerprint density at radius 2 is 0.471 bits per heavy atom. The van der Waals surface area contributed by atoms with Crippen molar-refractivity contribution in [2.24, 2.45) is 0 Å². The van der Waals surface area contributed by atoms with Gasteiger partial charge < -0.3 is 33.8 Å². The quantitative estimate of drug-likeness (QED) is 0.112. The van der Waals surface area contributed by atoms with E-state index >= 15 is 0 Å². The first-order valence-electron chi connectivity index (χ1n) is 42.3. The van der Waals surface area contributed by atoms with E-state index in [1.807, 2.05) is 12.1 Å². The zero-order chi connectivity index (χ0) is 83.6. The van der Waals surface area contributed by atoms with Crippen LogP contribution in [0.1, 0.15) is 164 Å². The predicted molar refractivity (Wildman–Crippen MR) is 508 cm³/mol. The molecular formula is C112H102N8Pt. The van der Waals surface area contributed by atoms with Gasteiger partial charge in [-0.1, -0.05) is 257 Å². The molecule has 121 heavy (non-hydrogen) atoms. The first kappa shape index (κ1) is 79.6. The molecule has 600 valence electrons. The Labute approximate surface area is 725 Å². The summed E-state index contributed by atoms with van der Waals surface area (Å²) in [5.74, 6) is 4.20. The maximum atomic E-state index is 7.77. The summed E-state index contributed by atoms with van der Waals surface area (Å²) in [6, 6.07) is 111. The molecule has 0 unspecified atom stereocenters. The molecule has 6 heterocycles. The van der Waals surface area contributed by atoms with E-state index in [0.717, 1.165) is 107 Å². The fourth-order valence-electron chi connectivity index (χ4n) is 18.0. The molecule has 0 aliphatic carbocycles. The Balaban J connectivity index is 0.000000165. The Kier molecular flexibility index (Phi) is 19.2. The summed E-state index contributed by atoms with van der Waals surface area (Å²) < 4.78 is 14.3. The Hall–Kier alpha value is -12.5. The number of nitrogens with zero attached hydrogens (tertiary/aromatic N) is 8. The summed E-state index contributed by atoms with van der Waals surface area (Å²) in [6.45, 7) is 41.3. The minimum atomic E-state index is -0.000658. The van der Waals surface area contributed by atoms with Gasteiger partial charge in [0.05, 0.1) is 77.8 Å². The molecule has 20 aromatic rings. The molecule has 0 aliphatic rings. The SMILES string of the molecule is CC(C)(C)c1ccc2c(c1)c1cc(C(C)(C)C)ccc1n2-c1cc(-c2nc3ccccc3n2-c2ccccc2)[c-]c(-c2nc3ccccc3n2-c2ccccc2)c1.[C-]#Cc1ccc(-n2c3ccc(-n4c5ccc(C(C)(C)C)cc5c5cc(C(C)(C)C)ccc54)cc3c3cc(-n4c5ccc(C(C)(C)C)cc5c5cc(C(C)(C)C)ccc54)ccc32)cc1.[Pt+2]. The van der Waals surface area contributed by atoms with E-state index in [0.29, 0.717) is 0 Å². The van der Waals surface area contributed by atoms with Crippen molar-refractivity contribution < 1.29 is 21.1 Å². The zero-order valence-corrected chi connectivity index (χ0v) is 74.9. The molecule has 6 aromatic heterocycles. The van der Waals surface area contributed by atoms with Crippen LogP contribution in [0.5, 0.6) is 0 Å². The first-order chi connectivity index (χ1) is 57.2. The van der Waals surface area contributed by atoms with Gasteiger partial charge in [0.25, 0.3) is 0 Å². The van der Waals surface area contributed by atoms with E-state index in [1.165, 1.54) is 98.5 Å². The average Bonchev–Trinajstić information content (AvgIpc) is 1.57. The smallest absolute Gasteiger partial charge is 0.366 e.